The molecule has 4 unspecified atom stereocenters. The molecule has 1 N–H and O–H groups in total. The number of fused-ring (bicyclic) bond motifs is 1. The number of nitrogens with one attached hydrogen (secondary N) is 1. The lowest BCUT2D eigenvalue weighted by atomic mass is 9.70. The van der Waals surface area contributed by atoms with E-state index >= 15 is 0 Å². The van der Waals surface area contributed by atoms with E-state index in [-0.39, 0.29) is 0 Å². The molecule has 1 aliphatic heterocycles. The molecule has 3 rings (SSSR count). The van der Waals surface area contributed by atoms with Gasteiger partial charge in [-0.15, -0.1) is 0 Å². The molecule has 1 aliphatic carbocycles. The lowest BCUT2D eigenvalue weighted by Crippen LogP contribution is -2.44. The second-order valence-electron chi connectivity index (χ2n) is 6.39. The van der Waals surface area contributed by atoms with Gasteiger partial charge in [0.05, 0.1) is 6.61 Å². The molecule has 1 aromatic carbocycles. The second-order valence-corrected chi connectivity index (χ2v) is 6.39. The number of para-hydroxylation sites is 1. The highest BCUT2D eigenvalue weighted by Crippen LogP contribution is 2.43. The van der Waals surface area contributed by atoms with Gasteiger partial charge in [0.25, 0.3) is 0 Å². The quantitative estimate of drug-likeness (QED) is 0.896. The van der Waals surface area contributed by atoms with Crippen molar-refractivity contribution in [3.63, 3.8) is 0 Å². The van der Waals surface area contributed by atoms with E-state index < -0.39 is 0 Å². The number of likely N-dealkylation sites (N-methyl/N-ethyl adjacent to an activating group) is 1. The number of benzene rings is 1. The topological polar surface area (TPSA) is 21.3 Å². The van der Waals surface area contributed by atoms with Crippen LogP contribution in [0.25, 0.3) is 0 Å². The molecule has 1 heterocycles. The van der Waals surface area contributed by atoms with E-state index in [1.54, 1.807) is 0 Å². The Hall–Kier alpha value is -1.02. The molecule has 0 radical (unpaired) electrons. The lowest BCUT2D eigenvalue weighted by Gasteiger charge is -2.39. The van der Waals surface area contributed by atoms with Crippen molar-refractivity contribution < 1.29 is 4.74 Å². The van der Waals surface area contributed by atoms with Crippen LogP contribution in [0.15, 0.2) is 24.3 Å². The first-order valence-corrected chi connectivity index (χ1v) is 8.24. The summed E-state index contributed by atoms with van der Waals surface area (Å²) >= 11 is 0. The largest absolute Gasteiger partial charge is 0.493 e. The monoisotopic (exact) mass is 273 g/mol. The molecule has 4 atom stereocenters. The summed E-state index contributed by atoms with van der Waals surface area (Å²) < 4.78 is 5.91. The van der Waals surface area contributed by atoms with Crippen molar-refractivity contribution in [1.82, 2.24) is 5.32 Å². The van der Waals surface area contributed by atoms with Crippen LogP contribution in [0.1, 0.15) is 50.5 Å². The fourth-order valence-electron chi connectivity index (χ4n) is 4.41. The Bertz CT molecular complexity index is 445. The van der Waals surface area contributed by atoms with Gasteiger partial charge in [0.1, 0.15) is 5.75 Å². The van der Waals surface area contributed by atoms with E-state index in [1.807, 2.05) is 0 Å². The molecular formula is C18H27NO. The first-order valence-electron chi connectivity index (χ1n) is 8.24. The Balaban J connectivity index is 1.83. The van der Waals surface area contributed by atoms with Gasteiger partial charge in [-0.1, -0.05) is 50.8 Å². The Kier molecular flexibility index (Phi) is 4.30. The van der Waals surface area contributed by atoms with E-state index in [9.17, 15) is 0 Å². The van der Waals surface area contributed by atoms with Crippen molar-refractivity contribution in [2.45, 2.75) is 51.0 Å². The van der Waals surface area contributed by atoms with Crippen molar-refractivity contribution in [3.05, 3.63) is 29.8 Å². The number of hydrogen-bond donors (Lipinski definition) is 1. The summed E-state index contributed by atoms with van der Waals surface area (Å²) in [4.78, 5) is 0. The van der Waals surface area contributed by atoms with Gasteiger partial charge in [-0.2, -0.15) is 0 Å². The zero-order chi connectivity index (χ0) is 13.9. The summed E-state index contributed by atoms with van der Waals surface area (Å²) in [7, 11) is 2.13. The van der Waals surface area contributed by atoms with Gasteiger partial charge in [-0.05, 0) is 31.4 Å². The molecule has 0 saturated heterocycles. The van der Waals surface area contributed by atoms with Gasteiger partial charge < -0.3 is 10.1 Å². The maximum atomic E-state index is 5.91. The maximum Gasteiger partial charge on any atom is 0.122 e. The molecule has 0 bridgehead atoms. The van der Waals surface area contributed by atoms with Crippen molar-refractivity contribution in [1.29, 1.82) is 0 Å². The summed E-state index contributed by atoms with van der Waals surface area (Å²) in [6.07, 6.45) is 6.92. The molecular weight excluding hydrogens is 246 g/mol. The zero-order valence-corrected chi connectivity index (χ0v) is 12.8. The SMILES string of the molecule is CCC1CCCCC1C(NC)C1COc2ccccc21. The molecule has 0 spiro atoms. The van der Waals surface area contributed by atoms with Crippen molar-refractivity contribution in [2.75, 3.05) is 13.7 Å². The first kappa shape index (κ1) is 13.9. The normalized spacial score (nSPS) is 30.6. The van der Waals surface area contributed by atoms with Crippen molar-refractivity contribution in [2.24, 2.45) is 11.8 Å². The third-order valence-electron chi connectivity index (χ3n) is 5.46. The van der Waals surface area contributed by atoms with Gasteiger partial charge >= 0.3 is 0 Å². The van der Waals surface area contributed by atoms with Crippen molar-refractivity contribution in [3.8, 4) is 5.75 Å². The van der Waals surface area contributed by atoms with Crippen LogP contribution in [0, 0.1) is 11.8 Å². The van der Waals surface area contributed by atoms with Crippen LogP contribution in [0.4, 0.5) is 0 Å². The fraction of sp³-hybridized carbons (Fsp3) is 0.667. The molecule has 2 aliphatic rings. The lowest BCUT2D eigenvalue weighted by molar-refractivity contribution is 0.153. The van der Waals surface area contributed by atoms with E-state index in [0.29, 0.717) is 12.0 Å². The van der Waals surface area contributed by atoms with Crippen LogP contribution >= 0.6 is 0 Å². The van der Waals surface area contributed by atoms with Gasteiger partial charge in [0.15, 0.2) is 0 Å². The highest BCUT2D eigenvalue weighted by molar-refractivity contribution is 5.40. The molecule has 2 nitrogen and oxygen atoms in total. The Morgan fingerprint density at radius 3 is 2.85 bits per heavy atom. The van der Waals surface area contributed by atoms with Crippen LogP contribution in [0.3, 0.4) is 0 Å². The molecule has 20 heavy (non-hydrogen) atoms. The smallest absolute Gasteiger partial charge is 0.122 e. The molecule has 1 fully saturated rings. The highest BCUT2D eigenvalue weighted by Gasteiger charge is 2.38. The summed E-state index contributed by atoms with van der Waals surface area (Å²) in [5.74, 6) is 3.31. The molecule has 0 aromatic heterocycles. The third-order valence-corrected chi connectivity index (χ3v) is 5.46. The average molecular weight is 273 g/mol. The number of ether oxygens (including phenoxy) is 1. The van der Waals surface area contributed by atoms with E-state index in [1.165, 1.54) is 37.7 Å². The summed E-state index contributed by atoms with van der Waals surface area (Å²) in [5, 5.41) is 3.64. The molecule has 1 aromatic rings. The summed E-state index contributed by atoms with van der Waals surface area (Å²) in [5.41, 5.74) is 1.41. The average Bonchev–Trinajstić information content (AvgIpc) is 2.93. The summed E-state index contributed by atoms with van der Waals surface area (Å²) in [6, 6.07) is 9.14. The number of hydrogen-bond acceptors (Lipinski definition) is 2. The minimum absolute atomic E-state index is 0.522. The van der Waals surface area contributed by atoms with E-state index in [4.69, 9.17) is 4.74 Å². The molecule has 110 valence electrons. The third kappa shape index (κ3) is 2.46. The second kappa shape index (κ2) is 6.17. The maximum absolute atomic E-state index is 5.91. The Morgan fingerprint density at radius 2 is 2.05 bits per heavy atom. The standard InChI is InChI=1S/C18H27NO/c1-3-13-8-4-5-9-14(13)18(19-2)16-12-20-17-11-7-6-10-15(16)17/h6-7,10-11,13-14,16,18-19H,3-5,8-9,12H2,1-2H3. The molecule has 0 amide bonds. The van der Waals surface area contributed by atoms with Crippen LogP contribution in [0.2, 0.25) is 0 Å². The minimum Gasteiger partial charge on any atom is -0.493 e. The van der Waals surface area contributed by atoms with E-state index in [2.05, 4.69) is 43.6 Å². The first-order chi connectivity index (χ1) is 9.85. The molecule has 1 saturated carbocycles. The predicted octanol–water partition coefficient (Wildman–Crippen LogP) is 3.97. The predicted molar refractivity (Wildman–Crippen MR) is 83.3 cm³/mol. The Morgan fingerprint density at radius 1 is 1.25 bits per heavy atom. The van der Waals surface area contributed by atoms with Gasteiger partial charge in [0.2, 0.25) is 0 Å². The molecule has 2 heteroatoms. The van der Waals surface area contributed by atoms with Crippen molar-refractivity contribution >= 4 is 0 Å². The van der Waals surface area contributed by atoms with Gasteiger partial charge in [0, 0.05) is 17.5 Å². The highest BCUT2D eigenvalue weighted by atomic mass is 16.5. The Labute approximate surface area is 122 Å². The van der Waals surface area contributed by atoms with Gasteiger partial charge in [-0.25, -0.2) is 0 Å². The van der Waals surface area contributed by atoms with Crippen LogP contribution < -0.4 is 10.1 Å². The van der Waals surface area contributed by atoms with Crippen LogP contribution in [-0.4, -0.2) is 19.7 Å². The van der Waals surface area contributed by atoms with E-state index in [0.717, 1.165) is 24.2 Å². The zero-order valence-electron chi connectivity index (χ0n) is 12.8. The van der Waals surface area contributed by atoms with Crippen LogP contribution in [0.5, 0.6) is 5.75 Å². The summed E-state index contributed by atoms with van der Waals surface area (Å²) in [6.45, 7) is 3.20. The minimum atomic E-state index is 0.522. The fourth-order valence-corrected chi connectivity index (χ4v) is 4.41. The van der Waals surface area contributed by atoms with Gasteiger partial charge in [-0.3, -0.25) is 0 Å². The number of rotatable bonds is 4. The van der Waals surface area contributed by atoms with Crippen LogP contribution in [-0.2, 0) is 0 Å².